The molecule has 0 amide bonds. The van der Waals surface area contributed by atoms with Gasteiger partial charge in [-0.05, 0) is 12.1 Å². The molecule has 2 N–H and O–H groups in total. The smallest absolute Gasteiger partial charge is 0.0703 e. The maximum Gasteiger partial charge on any atom is 0.0703 e. The lowest BCUT2D eigenvalue weighted by atomic mass is 10.3. The Kier molecular flexibility index (Phi) is 4.85. The minimum absolute atomic E-state index is 0. The summed E-state index contributed by atoms with van der Waals surface area (Å²) in [6, 6.07) is 9.24. The van der Waals surface area contributed by atoms with E-state index in [1.807, 2.05) is 30.3 Å². The van der Waals surface area contributed by atoms with E-state index in [4.69, 9.17) is 0 Å². The van der Waals surface area contributed by atoms with Gasteiger partial charge in [0.05, 0.1) is 11.0 Å². The number of hydrogen-bond donors (Lipinski definition) is 2. The fraction of sp³-hybridized carbons (Fsp3) is 0. The third kappa shape index (κ3) is 3.42. The van der Waals surface area contributed by atoms with Crippen molar-refractivity contribution < 1.29 is 0 Å². The molecule has 0 aliphatic heterocycles. The second-order valence-corrected chi connectivity index (χ2v) is 1.69. The van der Waals surface area contributed by atoms with Crippen molar-refractivity contribution in [2.75, 3.05) is 5.43 Å². The first-order valence-electron chi connectivity index (χ1n) is 2.82. The van der Waals surface area contributed by atoms with Crippen LogP contribution in [0.15, 0.2) is 35.6 Å². The predicted octanol–water partition coefficient (Wildman–Crippen LogP) is 1.71. The van der Waals surface area contributed by atoms with E-state index in [-0.39, 0.29) is 12.4 Å². The van der Waals surface area contributed by atoms with Gasteiger partial charge in [0.25, 0.3) is 0 Å². The molecular weight excluding hydrogens is 166 g/mol. The van der Waals surface area contributed by atoms with Crippen LogP contribution in [0.25, 0.3) is 0 Å². The maximum atomic E-state index is 9.55. The van der Waals surface area contributed by atoms with Gasteiger partial charge in [0.2, 0.25) is 0 Å². The van der Waals surface area contributed by atoms with E-state index in [9.17, 15) is 4.91 Å². The van der Waals surface area contributed by atoms with E-state index in [2.05, 4.69) is 16.2 Å². The minimum Gasteiger partial charge on any atom is -0.283 e. The predicted molar refractivity (Wildman–Crippen MR) is 46.2 cm³/mol. The molecule has 0 atom stereocenters. The van der Waals surface area contributed by atoms with E-state index in [0.717, 1.165) is 5.69 Å². The fourth-order valence-corrected chi connectivity index (χ4v) is 0.609. The van der Waals surface area contributed by atoms with Crippen LogP contribution in [0.4, 0.5) is 5.69 Å². The molecule has 1 aromatic carbocycles. The summed E-state index contributed by atoms with van der Waals surface area (Å²) >= 11 is 0. The van der Waals surface area contributed by atoms with Gasteiger partial charge in [-0.2, -0.15) is 5.53 Å². The third-order valence-corrected chi connectivity index (χ3v) is 1.02. The highest BCUT2D eigenvalue weighted by atomic mass is 35.5. The average molecular weight is 174 g/mol. The molecule has 11 heavy (non-hydrogen) atoms. The molecule has 0 aromatic heterocycles. The summed E-state index contributed by atoms with van der Waals surface area (Å²) in [6.45, 7) is 0. The van der Waals surface area contributed by atoms with Crippen LogP contribution >= 0.6 is 12.4 Å². The molecule has 0 aliphatic rings. The van der Waals surface area contributed by atoms with Gasteiger partial charge in [-0.1, -0.05) is 18.2 Å². The zero-order valence-electron chi connectivity index (χ0n) is 5.65. The van der Waals surface area contributed by atoms with Crippen LogP contribution in [-0.2, 0) is 0 Å². The van der Waals surface area contributed by atoms with E-state index >= 15 is 0 Å². The number of rotatable bonds is 3. The monoisotopic (exact) mass is 173 g/mol. The lowest BCUT2D eigenvalue weighted by molar-refractivity contribution is 0.867. The second-order valence-electron chi connectivity index (χ2n) is 1.69. The zero-order valence-corrected chi connectivity index (χ0v) is 6.47. The number of nitroso groups, excluding NO2 is 1. The quantitative estimate of drug-likeness (QED) is 0.541. The summed E-state index contributed by atoms with van der Waals surface area (Å²) in [4.78, 5) is 9.55. The third-order valence-electron chi connectivity index (χ3n) is 1.02. The SMILES string of the molecule is Cl.O=NNNc1ccccc1. The maximum absolute atomic E-state index is 9.55. The van der Waals surface area contributed by atoms with E-state index < -0.39 is 0 Å². The number of halogens is 1. The topological polar surface area (TPSA) is 53.5 Å². The van der Waals surface area contributed by atoms with Gasteiger partial charge in [0.1, 0.15) is 0 Å². The van der Waals surface area contributed by atoms with Gasteiger partial charge in [-0.15, -0.1) is 17.3 Å². The number of hydrazine groups is 1. The standard InChI is InChI=1S/C6H7N3O.ClH/c10-9-8-7-6-4-2-1-3-5-6;/h1-5H,(H,7,9)(H,8,10);1H. The molecule has 1 aromatic rings. The molecule has 60 valence electrons. The van der Waals surface area contributed by atoms with Crippen LogP contribution in [-0.4, -0.2) is 0 Å². The molecular formula is C6H8ClN3O. The van der Waals surface area contributed by atoms with Gasteiger partial charge in [0, 0.05) is 0 Å². The molecule has 0 unspecified atom stereocenters. The second kappa shape index (κ2) is 5.49. The van der Waals surface area contributed by atoms with Crippen LogP contribution in [0.2, 0.25) is 0 Å². The molecule has 0 saturated heterocycles. The van der Waals surface area contributed by atoms with E-state index in [0.29, 0.717) is 0 Å². The highest BCUT2D eigenvalue weighted by Gasteiger charge is 1.83. The zero-order chi connectivity index (χ0) is 7.23. The molecule has 0 bridgehead atoms. The largest absolute Gasteiger partial charge is 0.283 e. The van der Waals surface area contributed by atoms with Crippen molar-refractivity contribution in [2.45, 2.75) is 0 Å². The molecule has 0 spiro atoms. The van der Waals surface area contributed by atoms with Crippen LogP contribution in [0.3, 0.4) is 0 Å². The Morgan fingerprint density at radius 3 is 2.36 bits per heavy atom. The number of para-hydroxylation sites is 1. The highest BCUT2D eigenvalue weighted by Crippen LogP contribution is 2.01. The van der Waals surface area contributed by atoms with Crippen molar-refractivity contribution in [3.63, 3.8) is 0 Å². The highest BCUT2D eigenvalue weighted by molar-refractivity contribution is 5.85. The molecule has 0 radical (unpaired) electrons. The van der Waals surface area contributed by atoms with Crippen molar-refractivity contribution in [3.8, 4) is 0 Å². The van der Waals surface area contributed by atoms with Crippen LogP contribution in [0.5, 0.6) is 0 Å². The van der Waals surface area contributed by atoms with E-state index in [1.54, 1.807) is 0 Å². The lowest BCUT2D eigenvalue weighted by Crippen LogP contribution is -2.12. The molecule has 0 aliphatic carbocycles. The minimum atomic E-state index is 0. The Morgan fingerprint density at radius 1 is 1.18 bits per heavy atom. The normalized spacial score (nSPS) is 7.64. The number of nitrogens with one attached hydrogen (secondary N) is 2. The van der Waals surface area contributed by atoms with Crippen molar-refractivity contribution in [2.24, 2.45) is 5.29 Å². The molecule has 1 rings (SSSR count). The average Bonchev–Trinajstić information content (AvgIpc) is 2.03. The van der Waals surface area contributed by atoms with Crippen LogP contribution < -0.4 is 11.0 Å². The first-order valence-corrected chi connectivity index (χ1v) is 2.82. The Labute approximate surface area is 70.3 Å². The molecule has 0 saturated carbocycles. The molecule has 0 fully saturated rings. The van der Waals surface area contributed by atoms with E-state index in [1.165, 1.54) is 0 Å². The van der Waals surface area contributed by atoms with Crippen molar-refractivity contribution in [1.82, 2.24) is 5.53 Å². The van der Waals surface area contributed by atoms with Gasteiger partial charge in [0.15, 0.2) is 0 Å². The molecule has 5 heteroatoms. The van der Waals surface area contributed by atoms with Gasteiger partial charge >= 0.3 is 0 Å². The number of hydrogen-bond acceptors (Lipinski definition) is 3. The summed E-state index contributed by atoms with van der Waals surface area (Å²) < 4.78 is 0. The summed E-state index contributed by atoms with van der Waals surface area (Å²) in [5, 5.41) is 2.42. The Balaban J connectivity index is 0.000001000. The summed E-state index contributed by atoms with van der Waals surface area (Å²) in [7, 11) is 0. The van der Waals surface area contributed by atoms with Gasteiger partial charge in [-0.25, -0.2) is 0 Å². The Bertz CT molecular complexity index is 204. The van der Waals surface area contributed by atoms with Crippen molar-refractivity contribution in [3.05, 3.63) is 35.2 Å². The molecule has 0 heterocycles. The van der Waals surface area contributed by atoms with Gasteiger partial charge < -0.3 is 0 Å². The van der Waals surface area contributed by atoms with Crippen molar-refractivity contribution in [1.29, 1.82) is 0 Å². The Hall–Kier alpha value is -1.29. The Morgan fingerprint density at radius 2 is 1.82 bits per heavy atom. The van der Waals surface area contributed by atoms with Crippen molar-refractivity contribution >= 4 is 18.1 Å². The lowest BCUT2D eigenvalue weighted by Gasteiger charge is -1.99. The fourth-order valence-electron chi connectivity index (χ4n) is 0.609. The number of benzene rings is 1. The number of nitrogens with zero attached hydrogens (tertiary/aromatic N) is 1. The first-order chi connectivity index (χ1) is 4.93. The summed E-state index contributed by atoms with van der Waals surface area (Å²) in [5.41, 5.74) is 5.46. The van der Waals surface area contributed by atoms with Gasteiger partial charge in [-0.3, -0.25) is 5.43 Å². The number of anilines is 1. The first kappa shape index (κ1) is 9.71. The van der Waals surface area contributed by atoms with Crippen LogP contribution in [0.1, 0.15) is 0 Å². The summed E-state index contributed by atoms with van der Waals surface area (Å²) in [6.07, 6.45) is 0. The molecule has 4 nitrogen and oxygen atoms in total. The van der Waals surface area contributed by atoms with Crippen LogP contribution in [0, 0.1) is 4.91 Å². The summed E-state index contributed by atoms with van der Waals surface area (Å²) in [5.74, 6) is 0.